The lowest BCUT2D eigenvalue weighted by Crippen LogP contribution is -2.18. The van der Waals surface area contributed by atoms with E-state index in [4.69, 9.17) is 17.3 Å². The molecule has 0 aliphatic carbocycles. The highest BCUT2D eigenvalue weighted by atomic mass is 35.5. The summed E-state index contributed by atoms with van der Waals surface area (Å²) in [7, 11) is -2.61. The SMILES string of the molecule is Cn1ncc(Cl)c1S(=O)(=O)Nc1ccc(N)cc1F. The zero-order valence-electron chi connectivity index (χ0n) is 9.76. The number of sulfonamides is 1. The van der Waals surface area contributed by atoms with Crippen LogP contribution in [0.2, 0.25) is 5.02 Å². The summed E-state index contributed by atoms with van der Waals surface area (Å²) < 4.78 is 40.9. The Bertz CT molecular complexity index is 710. The first-order chi connectivity index (χ1) is 8.81. The molecule has 0 unspecified atom stereocenters. The van der Waals surface area contributed by atoms with E-state index in [1.807, 2.05) is 0 Å². The minimum absolute atomic E-state index is 0.0501. The van der Waals surface area contributed by atoms with Gasteiger partial charge in [-0.15, -0.1) is 0 Å². The van der Waals surface area contributed by atoms with Crippen molar-refractivity contribution in [3.63, 3.8) is 0 Å². The Morgan fingerprint density at radius 2 is 2.16 bits per heavy atom. The maximum Gasteiger partial charge on any atom is 0.280 e. The topological polar surface area (TPSA) is 90.0 Å². The van der Waals surface area contributed by atoms with Crippen LogP contribution in [0.15, 0.2) is 29.4 Å². The number of hydrogen-bond acceptors (Lipinski definition) is 4. The minimum Gasteiger partial charge on any atom is -0.399 e. The van der Waals surface area contributed by atoms with Crippen LogP contribution in [0.3, 0.4) is 0 Å². The Hall–Kier alpha value is -1.80. The molecule has 9 heteroatoms. The van der Waals surface area contributed by atoms with Crippen molar-refractivity contribution in [2.75, 3.05) is 10.5 Å². The van der Waals surface area contributed by atoms with Crippen LogP contribution < -0.4 is 10.5 Å². The van der Waals surface area contributed by atoms with E-state index in [-0.39, 0.29) is 21.4 Å². The monoisotopic (exact) mass is 304 g/mol. The third kappa shape index (κ3) is 2.64. The summed E-state index contributed by atoms with van der Waals surface area (Å²) in [6, 6.07) is 3.63. The second-order valence-corrected chi connectivity index (χ2v) is 5.77. The first kappa shape index (κ1) is 13.6. The van der Waals surface area contributed by atoms with Gasteiger partial charge in [0.05, 0.1) is 16.9 Å². The van der Waals surface area contributed by atoms with E-state index in [0.717, 1.165) is 10.7 Å². The predicted octanol–water partition coefficient (Wildman–Crippen LogP) is 1.60. The second-order valence-electron chi connectivity index (χ2n) is 3.77. The largest absolute Gasteiger partial charge is 0.399 e. The molecule has 0 aliphatic heterocycles. The molecule has 0 amide bonds. The van der Waals surface area contributed by atoms with Crippen molar-refractivity contribution in [2.45, 2.75) is 5.03 Å². The summed E-state index contributed by atoms with van der Waals surface area (Å²) in [6.07, 6.45) is 1.19. The number of rotatable bonds is 3. The molecule has 0 atom stereocenters. The number of nitrogens with zero attached hydrogens (tertiary/aromatic N) is 2. The number of aryl methyl sites for hydroxylation is 1. The summed E-state index contributed by atoms with van der Waals surface area (Å²) in [5.74, 6) is -0.776. The average Bonchev–Trinajstić information content (AvgIpc) is 2.63. The molecule has 0 saturated carbocycles. The van der Waals surface area contributed by atoms with Crippen LogP contribution in [0.1, 0.15) is 0 Å². The van der Waals surface area contributed by atoms with Gasteiger partial charge in [-0.3, -0.25) is 9.40 Å². The summed E-state index contributed by atoms with van der Waals surface area (Å²) in [4.78, 5) is 0. The van der Waals surface area contributed by atoms with E-state index in [1.165, 1.54) is 25.4 Å². The van der Waals surface area contributed by atoms with Crippen LogP contribution in [0.25, 0.3) is 0 Å². The fourth-order valence-electron chi connectivity index (χ4n) is 1.51. The summed E-state index contributed by atoms with van der Waals surface area (Å²) in [5, 5.41) is 3.42. The van der Waals surface area contributed by atoms with E-state index >= 15 is 0 Å². The lowest BCUT2D eigenvalue weighted by atomic mass is 10.3. The normalized spacial score (nSPS) is 11.5. The molecule has 0 radical (unpaired) electrons. The Morgan fingerprint density at radius 1 is 1.47 bits per heavy atom. The quantitative estimate of drug-likeness (QED) is 0.843. The molecule has 2 rings (SSSR count). The van der Waals surface area contributed by atoms with Gasteiger partial charge in [0.2, 0.25) is 0 Å². The molecule has 0 bridgehead atoms. The number of anilines is 2. The first-order valence-electron chi connectivity index (χ1n) is 5.06. The molecule has 0 fully saturated rings. The Kier molecular flexibility index (Phi) is 3.38. The van der Waals surface area contributed by atoms with Crippen molar-refractivity contribution in [3.05, 3.63) is 35.2 Å². The highest BCUT2D eigenvalue weighted by molar-refractivity contribution is 7.92. The van der Waals surface area contributed by atoms with E-state index in [9.17, 15) is 12.8 Å². The van der Waals surface area contributed by atoms with E-state index in [1.54, 1.807) is 0 Å². The van der Waals surface area contributed by atoms with Gasteiger partial charge in [-0.25, -0.2) is 4.39 Å². The van der Waals surface area contributed by atoms with Crippen molar-refractivity contribution in [1.82, 2.24) is 9.78 Å². The number of nitrogen functional groups attached to an aromatic ring is 1. The van der Waals surface area contributed by atoms with Gasteiger partial charge in [0.25, 0.3) is 10.0 Å². The van der Waals surface area contributed by atoms with Gasteiger partial charge in [-0.1, -0.05) is 11.6 Å². The molecule has 0 saturated heterocycles. The summed E-state index contributed by atoms with van der Waals surface area (Å²) >= 11 is 5.74. The fourth-order valence-corrected chi connectivity index (χ4v) is 3.24. The molecule has 2 aromatic rings. The predicted molar refractivity (Wildman–Crippen MR) is 69.8 cm³/mol. The number of nitrogens with two attached hydrogens (primary N) is 1. The molecule has 1 aromatic carbocycles. The third-order valence-corrected chi connectivity index (χ3v) is 4.21. The van der Waals surface area contributed by atoms with E-state index < -0.39 is 15.8 Å². The molecule has 19 heavy (non-hydrogen) atoms. The van der Waals surface area contributed by atoms with Crippen LogP contribution in [-0.4, -0.2) is 18.2 Å². The average molecular weight is 305 g/mol. The van der Waals surface area contributed by atoms with Crippen molar-refractivity contribution in [3.8, 4) is 0 Å². The highest BCUT2D eigenvalue weighted by Crippen LogP contribution is 2.24. The zero-order chi connectivity index (χ0) is 14.2. The zero-order valence-corrected chi connectivity index (χ0v) is 11.3. The molecule has 0 aliphatic rings. The van der Waals surface area contributed by atoms with Crippen LogP contribution in [0.4, 0.5) is 15.8 Å². The number of aromatic nitrogens is 2. The van der Waals surface area contributed by atoms with Gasteiger partial charge in [0.15, 0.2) is 5.03 Å². The Balaban J connectivity index is 2.42. The second kappa shape index (κ2) is 4.71. The molecular weight excluding hydrogens is 295 g/mol. The van der Waals surface area contributed by atoms with Crippen LogP contribution in [0, 0.1) is 5.82 Å². The van der Waals surface area contributed by atoms with Crippen molar-refractivity contribution in [1.29, 1.82) is 0 Å². The highest BCUT2D eigenvalue weighted by Gasteiger charge is 2.23. The lowest BCUT2D eigenvalue weighted by molar-refractivity contribution is 0.580. The van der Waals surface area contributed by atoms with Crippen LogP contribution in [0.5, 0.6) is 0 Å². The van der Waals surface area contributed by atoms with Gasteiger partial charge >= 0.3 is 0 Å². The number of hydrogen-bond donors (Lipinski definition) is 2. The smallest absolute Gasteiger partial charge is 0.280 e. The first-order valence-corrected chi connectivity index (χ1v) is 6.93. The van der Waals surface area contributed by atoms with E-state index in [2.05, 4.69) is 9.82 Å². The molecule has 3 N–H and O–H groups in total. The molecule has 1 aromatic heterocycles. The molecule has 6 nitrogen and oxygen atoms in total. The van der Waals surface area contributed by atoms with Crippen molar-refractivity contribution < 1.29 is 12.8 Å². The van der Waals surface area contributed by atoms with Crippen molar-refractivity contribution >= 4 is 33.0 Å². The van der Waals surface area contributed by atoms with Crippen LogP contribution in [-0.2, 0) is 17.1 Å². The summed E-state index contributed by atoms with van der Waals surface area (Å²) in [6.45, 7) is 0. The van der Waals surface area contributed by atoms with Gasteiger partial charge in [-0.05, 0) is 18.2 Å². The molecule has 1 heterocycles. The standard InChI is InChI=1S/C10H10ClFN4O2S/c1-16-10(7(11)5-14-16)19(17,18)15-9-3-2-6(13)4-8(9)12/h2-5,15H,13H2,1H3. The fraction of sp³-hybridized carbons (Fsp3) is 0.100. The van der Waals surface area contributed by atoms with Gasteiger partial charge in [-0.2, -0.15) is 13.5 Å². The Labute approximate surface area is 114 Å². The molecular formula is C10H10ClFN4O2S. The number of benzene rings is 1. The van der Waals surface area contributed by atoms with Crippen LogP contribution >= 0.6 is 11.6 Å². The number of halogens is 2. The van der Waals surface area contributed by atoms with Gasteiger partial charge < -0.3 is 5.73 Å². The van der Waals surface area contributed by atoms with Crippen molar-refractivity contribution in [2.24, 2.45) is 7.05 Å². The number of nitrogens with one attached hydrogen (secondary N) is 1. The lowest BCUT2D eigenvalue weighted by Gasteiger charge is -2.09. The summed E-state index contributed by atoms with van der Waals surface area (Å²) in [5.41, 5.74) is 5.36. The maximum atomic E-state index is 13.6. The maximum absolute atomic E-state index is 13.6. The Morgan fingerprint density at radius 3 is 2.68 bits per heavy atom. The van der Waals surface area contributed by atoms with E-state index in [0.29, 0.717) is 0 Å². The minimum atomic E-state index is -4.03. The molecule has 0 spiro atoms. The van der Waals surface area contributed by atoms with Gasteiger partial charge in [0, 0.05) is 12.7 Å². The third-order valence-electron chi connectivity index (χ3n) is 2.33. The molecule has 102 valence electrons. The van der Waals surface area contributed by atoms with Gasteiger partial charge in [0.1, 0.15) is 5.82 Å².